The highest BCUT2D eigenvalue weighted by Gasteiger charge is 2.18. The van der Waals surface area contributed by atoms with Crippen LogP contribution >= 0.6 is 11.3 Å². The number of benzene rings is 2. The Morgan fingerprint density at radius 1 is 0.815 bits per heavy atom. The number of nitrogens with zero attached hydrogens (tertiary/aromatic N) is 2. The van der Waals surface area contributed by atoms with Crippen LogP contribution in [0, 0.1) is 34.6 Å². The SMILES string of the molecule is Cc1ccc(-c2c(C)sc3ncnc(Nc4c(C)cccc4C)c23)cc1C. The van der Waals surface area contributed by atoms with Crippen molar-refractivity contribution in [2.24, 2.45) is 0 Å². The molecule has 4 aromatic rings. The van der Waals surface area contributed by atoms with Gasteiger partial charge >= 0.3 is 0 Å². The van der Waals surface area contributed by atoms with E-state index >= 15 is 0 Å². The van der Waals surface area contributed by atoms with Gasteiger partial charge in [-0.15, -0.1) is 11.3 Å². The molecule has 4 heteroatoms. The van der Waals surface area contributed by atoms with E-state index in [4.69, 9.17) is 0 Å². The Morgan fingerprint density at radius 3 is 2.26 bits per heavy atom. The molecule has 3 nitrogen and oxygen atoms in total. The van der Waals surface area contributed by atoms with Crippen molar-refractivity contribution in [1.82, 2.24) is 9.97 Å². The average molecular weight is 374 g/mol. The number of hydrogen-bond donors (Lipinski definition) is 1. The van der Waals surface area contributed by atoms with Crippen molar-refractivity contribution in [2.75, 3.05) is 5.32 Å². The van der Waals surface area contributed by atoms with Crippen LogP contribution < -0.4 is 5.32 Å². The number of aromatic nitrogens is 2. The molecule has 1 N–H and O–H groups in total. The van der Waals surface area contributed by atoms with Gasteiger partial charge in [-0.3, -0.25) is 0 Å². The highest BCUT2D eigenvalue weighted by Crippen LogP contribution is 2.41. The highest BCUT2D eigenvalue weighted by atomic mass is 32.1. The summed E-state index contributed by atoms with van der Waals surface area (Å²) in [5, 5.41) is 4.69. The Labute approximate surface area is 164 Å². The number of fused-ring (bicyclic) bond motifs is 1. The van der Waals surface area contributed by atoms with Gasteiger partial charge in [0.1, 0.15) is 17.0 Å². The highest BCUT2D eigenvalue weighted by molar-refractivity contribution is 7.19. The topological polar surface area (TPSA) is 37.8 Å². The van der Waals surface area contributed by atoms with Crippen LogP contribution in [0.5, 0.6) is 0 Å². The fraction of sp³-hybridized carbons (Fsp3) is 0.217. The minimum atomic E-state index is 0.870. The first-order valence-corrected chi connectivity index (χ1v) is 9.92. The Hall–Kier alpha value is -2.72. The van der Waals surface area contributed by atoms with Crippen LogP contribution in [0.15, 0.2) is 42.7 Å². The molecule has 0 saturated carbocycles. The molecule has 2 aromatic carbocycles. The molecule has 0 spiro atoms. The van der Waals surface area contributed by atoms with E-state index in [0.29, 0.717) is 0 Å². The van der Waals surface area contributed by atoms with Gasteiger partial charge in [0.15, 0.2) is 0 Å². The first kappa shape index (κ1) is 17.7. The number of nitrogens with one attached hydrogen (secondary N) is 1. The molecule has 0 fully saturated rings. The monoisotopic (exact) mass is 373 g/mol. The van der Waals surface area contributed by atoms with Crippen molar-refractivity contribution in [1.29, 1.82) is 0 Å². The predicted molar refractivity (Wildman–Crippen MR) is 116 cm³/mol. The minimum absolute atomic E-state index is 0.870. The average Bonchev–Trinajstić information content (AvgIpc) is 2.97. The Balaban J connectivity index is 1.94. The number of thiophene rings is 1. The number of para-hydroxylation sites is 1. The zero-order chi connectivity index (χ0) is 19.1. The van der Waals surface area contributed by atoms with E-state index in [-0.39, 0.29) is 0 Å². The molecule has 0 aliphatic heterocycles. The van der Waals surface area contributed by atoms with Crippen molar-refractivity contribution in [3.8, 4) is 11.1 Å². The van der Waals surface area contributed by atoms with Gasteiger partial charge in [0.2, 0.25) is 0 Å². The van der Waals surface area contributed by atoms with Gasteiger partial charge in [-0.05, 0) is 62.4 Å². The number of rotatable bonds is 3. The second-order valence-electron chi connectivity index (χ2n) is 7.13. The van der Waals surface area contributed by atoms with Crippen LogP contribution in [0.25, 0.3) is 21.3 Å². The fourth-order valence-corrected chi connectivity index (χ4v) is 4.53. The molecule has 0 aliphatic rings. The molecular weight excluding hydrogens is 350 g/mol. The Kier molecular flexibility index (Phi) is 4.44. The first-order valence-electron chi connectivity index (χ1n) is 9.10. The van der Waals surface area contributed by atoms with E-state index in [0.717, 1.165) is 21.7 Å². The molecule has 0 unspecified atom stereocenters. The molecule has 27 heavy (non-hydrogen) atoms. The quantitative estimate of drug-likeness (QED) is 0.437. The minimum Gasteiger partial charge on any atom is -0.339 e. The van der Waals surface area contributed by atoms with Crippen molar-refractivity contribution in [3.63, 3.8) is 0 Å². The summed E-state index contributed by atoms with van der Waals surface area (Å²) in [7, 11) is 0. The maximum atomic E-state index is 4.61. The second-order valence-corrected chi connectivity index (χ2v) is 8.33. The summed E-state index contributed by atoms with van der Waals surface area (Å²) < 4.78 is 0. The van der Waals surface area contributed by atoms with E-state index in [1.165, 1.54) is 38.3 Å². The maximum absolute atomic E-state index is 4.61. The zero-order valence-corrected chi connectivity index (χ0v) is 17.2. The molecule has 2 heterocycles. The van der Waals surface area contributed by atoms with Gasteiger partial charge < -0.3 is 5.32 Å². The number of hydrogen-bond acceptors (Lipinski definition) is 4. The first-order chi connectivity index (χ1) is 13.0. The Bertz CT molecular complexity index is 1140. The molecule has 0 radical (unpaired) electrons. The van der Waals surface area contributed by atoms with E-state index in [1.807, 2.05) is 0 Å². The van der Waals surface area contributed by atoms with E-state index in [1.54, 1.807) is 17.7 Å². The van der Waals surface area contributed by atoms with E-state index < -0.39 is 0 Å². The normalized spacial score (nSPS) is 11.1. The van der Waals surface area contributed by atoms with Gasteiger partial charge in [-0.1, -0.05) is 36.4 Å². The smallest absolute Gasteiger partial charge is 0.143 e. The molecule has 136 valence electrons. The van der Waals surface area contributed by atoms with E-state index in [2.05, 4.69) is 86.3 Å². The summed E-state index contributed by atoms with van der Waals surface area (Å²) >= 11 is 1.73. The van der Waals surface area contributed by atoms with Crippen LogP contribution in [0.1, 0.15) is 27.1 Å². The lowest BCUT2D eigenvalue weighted by Gasteiger charge is -2.14. The van der Waals surface area contributed by atoms with Crippen molar-refractivity contribution >= 4 is 33.1 Å². The summed E-state index contributed by atoms with van der Waals surface area (Å²) in [4.78, 5) is 11.4. The van der Waals surface area contributed by atoms with Crippen molar-refractivity contribution < 1.29 is 0 Å². The summed E-state index contributed by atoms with van der Waals surface area (Å²) in [6.07, 6.45) is 1.65. The number of aryl methyl sites for hydroxylation is 5. The van der Waals surface area contributed by atoms with Crippen LogP contribution in [0.3, 0.4) is 0 Å². The summed E-state index contributed by atoms with van der Waals surface area (Å²) in [6.45, 7) is 10.7. The van der Waals surface area contributed by atoms with Crippen LogP contribution in [-0.4, -0.2) is 9.97 Å². The number of anilines is 2. The van der Waals surface area contributed by atoms with Gasteiger partial charge in [-0.25, -0.2) is 9.97 Å². The van der Waals surface area contributed by atoms with Crippen LogP contribution in [-0.2, 0) is 0 Å². The third-order valence-electron chi connectivity index (χ3n) is 5.18. The lowest BCUT2D eigenvalue weighted by atomic mass is 9.99. The second kappa shape index (κ2) is 6.78. The summed E-state index contributed by atoms with van der Waals surface area (Å²) in [5.41, 5.74) is 8.59. The molecule has 0 aliphatic carbocycles. The van der Waals surface area contributed by atoms with Crippen molar-refractivity contribution in [2.45, 2.75) is 34.6 Å². The third kappa shape index (κ3) is 3.10. The maximum Gasteiger partial charge on any atom is 0.143 e. The fourth-order valence-electron chi connectivity index (χ4n) is 3.51. The van der Waals surface area contributed by atoms with Gasteiger partial charge in [0, 0.05) is 16.1 Å². The van der Waals surface area contributed by atoms with Crippen molar-refractivity contribution in [3.05, 3.63) is 69.9 Å². The molecular formula is C23H23N3S. The lowest BCUT2D eigenvalue weighted by molar-refractivity contribution is 1.22. The van der Waals surface area contributed by atoms with Gasteiger partial charge in [0.05, 0.1) is 5.39 Å². The van der Waals surface area contributed by atoms with Crippen LogP contribution in [0.2, 0.25) is 0 Å². The molecule has 0 amide bonds. The predicted octanol–water partition coefficient (Wildman–Crippen LogP) is 6.64. The largest absolute Gasteiger partial charge is 0.339 e. The van der Waals surface area contributed by atoms with Gasteiger partial charge in [-0.2, -0.15) is 0 Å². The van der Waals surface area contributed by atoms with E-state index in [9.17, 15) is 0 Å². The lowest BCUT2D eigenvalue weighted by Crippen LogP contribution is -1.99. The standard InChI is InChI=1S/C23H23N3S/c1-13-9-10-18(11-16(13)4)19-17(5)27-23-20(19)22(24-12-25-23)26-21-14(2)7-6-8-15(21)3/h6-12H,1-5H3,(H,24,25,26). The molecule has 0 bridgehead atoms. The zero-order valence-electron chi connectivity index (χ0n) is 16.3. The van der Waals surface area contributed by atoms with Gasteiger partial charge in [0.25, 0.3) is 0 Å². The molecule has 2 aromatic heterocycles. The summed E-state index contributed by atoms with van der Waals surface area (Å²) in [6, 6.07) is 13.0. The molecule has 4 rings (SSSR count). The summed E-state index contributed by atoms with van der Waals surface area (Å²) in [5.74, 6) is 0.870. The molecule has 0 atom stereocenters. The Morgan fingerprint density at radius 2 is 1.56 bits per heavy atom. The third-order valence-corrected chi connectivity index (χ3v) is 6.20. The molecule has 0 saturated heterocycles. The van der Waals surface area contributed by atoms with Crippen LogP contribution in [0.4, 0.5) is 11.5 Å².